The summed E-state index contributed by atoms with van der Waals surface area (Å²) in [5, 5.41) is 2.11. The fraction of sp³-hybridized carbons (Fsp3) is 0.351. The monoisotopic (exact) mass is 563 g/mol. The maximum atomic E-state index is 12.8. The molecule has 5 heteroatoms. The lowest BCUT2D eigenvalue weighted by atomic mass is 9.87. The van der Waals surface area contributed by atoms with Crippen molar-refractivity contribution in [3.63, 3.8) is 0 Å². The van der Waals surface area contributed by atoms with Crippen LogP contribution in [0.2, 0.25) is 0 Å². The Bertz CT molecular complexity index is 1520. The van der Waals surface area contributed by atoms with Crippen molar-refractivity contribution in [3.8, 4) is 22.3 Å². The lowest BCUT2D eigenvalue weighted by molar-refractivity contribution is -0.133. The average Bonchev–Trinajstić information content (AvgIpc) is 3.03. The predicted molar refractivity (Wildman–Crippen MR) is 170 cm³/mol. The number of carbonyl (C=O) groups is 2. The van der Waals surface area contributed by atoms with Gasteiger partial charge in [-0.2, -0.15) is 0 Å². The third kappa shape index (κ3) is 6.91. The zero-order chi connectivity index (χ0) is 29.5. The number of benzene rings is 4. The molecule has 0 atom stereocenters. The summed E-state index contributed by atoms with van der Waals surface area (Å²) in [5.41, 5.74) is 7.42. The SMILES string of the molecule is CCCOCCC(=O)N1CCC(c2ccc(-c3cc(C(=O)OCC)cc4cc(-c5ccc(C)cc5)ccc34)cc2)CC1. The minimum Gasteiger partial charge on any atom is -0.462 e. The van der Waals surface area contributed by atoms with Crippen molar-refractivity contribution < 1.29 is 19.1 Å². The van der Waals surface area contributed by atoms with Gasteiger partial charge in [-0.05, 0) is 95.8 Å². The van der Waals surface area contributed by atoms with Crippen LogP contribution in [0.25, 0.3) is 33.0 Å². The van der Waals surface area contributed by atoms with E-state index in [1.807, 2.05) is 24.0 Å². The summed E-state index contributed by atoms with van der Waals surface area (Å²) in [6.45, 7) is 9.12. The Labute approximate surface area is 249 Å². The predicted octanol–water partition coefficient (Wildman–Crippen LogP) is 8.18. The van der Waals surface area contributed by atoms with E-state index in [0.717, 1.165) is 65.4 Å². The van der Waals surface area contributed by atoms with Crippen molar-refractivity contribution in [1.29, 1.82) is 0 Å². The van der Waals surface area contributed by atoms with Gasteiger partial charge in [0.25, 0.3) is 0 Å². The molecule has 1 fully saturated rings. The molecule has 0 radical (unpaired) electrons. The summed E-state index contributed by atoms with van der Waals surface area (Å²) < 4.78 is 10.9. The van der Waals surface area contributed by atoms with Gasteiger partial charge in [0.05, 0.1) is 25.2 Å². The zero-order valence-electron chi connectivity index (χ0n) is 25.0. The van der Waals surface area contributed by atoms with Gasteiger partial charge in [0.15, 0.2) is 0 Å². The van der Waals surface area contributed by atoms with E-state index >= 15 is 0 Å². The molecular formula is C37H41NO4. The van der Waals surface area contributed by atoms with Gasteiger partial charge in [0, 0.05) is 19.7 Å². The first-order chi connectivity index (χ1) is 20.5. The van der Waals surface area contributed by atoms with Gasteiger partial charge in [-0.15, -0.1) is 0 Å². The number of hydrogen-bond acceptors (Lipinski definition) is 4. The highest BCUT2D eigenvalue weighted by molar-refractivity contribution is 6.04. The average molecular weight is 564 g/mol. The Morgan fingerprint density at radius 1 is 0.810 bits per heavy atom. The fourth-order valence-electron chi connectivity index (χ4n) is 5.83. The van der Waals surface area contributed by atoms with Crippen molar-refractivity contribution in [1.82, 2.24) is 4.90 Å². The van der Waals surface area contributed by atoms with Crippen LogP contribution in [0.5, 0.6) is 0 Å². The van der Waals surface area contributed by atoms with Gasteiger partial charge in [-0.25, -0.2) is 4.79 Å². The standard InChI is InChI=1S/C37H41NO4/c1-4-21-41-22-18-36(39)38-19-16-29(17-20-38)27-10-12-30(13-11-27)35-25-33(37(40)42-5-2)24-32-23-31(14-15-34(32)35)28-8-6-26(3)7-9-28/h6-15,23-25,29H,4-5,16-22H2,1-3H3. The molecule has 0 aromatic heterocycles. The Morgan fingerprint density at radius 2 is 1.50 bits per heavy atom. The van der Waals surface area contributed by atoms with Crippen molar-refractivity contribution in [2.24, 2.45) is 0 Å². The highest BCUT2D eigenvalue weighted by atomic mass is 16.5. The Balaban J connectivity index is 1.36. The minimum absolute atomic E-state index is 0.193. The maximum Gasteiger partial charge on any atom is 0.338 e. The second-order valence-corrected chi connectivity index (χ2v) is 11.2. The summed E-state index contributed by atoms with van der Waals surface area (Å²) in [7, 11) is 0. The maximum absolute atomic E-state index is 12.8. The van der Waals surface area contributed by atoms with Gasteiger partial charge in [-0.3, -0.25) is 4.79 Å². The van der Waals surface area contributed by atoms with Crippen LogP contribution in [0.1, 0.15) is 66.9 Å². The molecule has 0 saturated carbocycles. The molecule has 1 heterocycles. The summed E-state index contributed by atoms with van der Waals surface area (Å²) in [4.78, 5) is 27.4. The zero-order valence-corrected chi connectivity index (χ0v) is 25.0. The summed E-state index contributed by atoms with van der Waals surface area (Å²) in [6, 6.07) is 27.6. The van der Waals surface area contributed by atoms with Gasteiger partial charge in [0.1, 0.15) is 0 Å². The van der Waals surface area contributed by atoms with Crippen LogP contribution in [0.4, 0.5) is 0 Å². The van der Waals surface area contributed by atoms with E-state index in [-0.39, 0.29) is 11.9 Å². The molecule has 0 unspecified atom stereocenters. The second-order valence-electron chi connectivity index (χ2n) is 11.2. The van der Waals surface area contributed by atoms with E-state index < -0.39 is 0 Å². The molecule has 4 aromatic rings. The fourth-order valence-corrected chi connectivity index (χ4v) is 5.83. The van der Waals surface area contributed by atoms with Gasteiger partial charge >= 0.3 is 5.97 Å². The number of amides is 1. The Morgan fingerprint density at radius 3 is 2.19 bits per heavy atom. The molecule has 5 rings (SSSR count). The van der Waals surface area contributed by atoms with Crippen molar-refractivity contribution in [2.75, 3.05) is 32.9 Å². The van der Waals surface area contributed by atoms with Crippen LogP contribution < -0.4 is 0 Å². The quantitative estimate of drug-likeness (QED) is 0.144. The highest BCUT2D eigenvalue weighted by Crippen LogP contribution is 2.35. The first kappa shape index (κ1) is 29.5. The molecule has 1 aliphatic rings. The van der Waals surface area contributed by atoms with Crippen molar-refractivity contribution in [2.45, 2.75) is 52.4 Å². The number of piperidine rings is 1. The third-order valence-corrected chi connectivity index (χ3v) is 8.20. The molecule has 42 heavy (non-hydrogen) atoms. The van der Waals surface area contributed by atoms with E-state index in [1.165, 1.54) is 11.1 Å². The molecule has 1 saturated heterocycles. The number of carbonyl (C=O) groups excluding carboxylic acids is 2. The largest absolute Gasteiger partial charge is 0.462 e. The van der Waals surface area contributed by atoms with E-state index in [2.05, 4.69) is 80.6 Å². The van der Waals surface area contributed by atoms with Crippen LogP contribution in [0, 0.1) is 6.92 Å². The van der Waals surface area contributed by atoms with Crippen LogP contribution in [-0.4, -0.2) is 49.7 Å². The molecule has 1 aliphatic heterocycles. The van der Waals surface area contributed by atoms with Crippen molar-refractivity contribution >= 4 is 22.6 Å². The second kappa shape index (κ2) is 13.8. The lowest BCUT2D eigenvalue weighted by Gasteiger charge is -2.32. The molecule has 1 amide bonds. The molecule has 0 bridgehead atoms. The van der Waals surface area contributed by atoms with E-state index in [4.69, 9.17) is 9.47 Å². The summed E-state index contributed by atoms with van der Waals surface area (Å²) in [5.74, 6) is 0.314. The number of hydrogen-bond donors (Lipinski definition) is 0. The number of esters is 1. The van der Waals surface area contributed by atoms with E-state index in [1.54, 1.807) is 0 Å². The first-order valence-electron chi connectivity index (χ1n) is 15.2. The first-order valence-corrected chi connectivity index (χ1v) is 15.2. The van der Waals surface area contributed by atoms with Gasteiger partial charge in [0.2, 0.25) is 5.91 Å². The topological polar surface area (TPSA) is 55.8 Å². The number of fused-ring (bicyclic) bond motifs is 1. The summed E-state index contributed by atoms with van der Waals surface area (Å²) >= 11 is 0. The van der Waals surface area contributed by atoms with Crippen molar-refractivity contribution in [3.05, 3.63) is 95.6 Å². The number of aryl methyl sites for hydroxylation is 1. The molecule has 0 N–H and O–H groups in total. The summed E-state index contributed by atoms with van der Waals surface area (Å²) in [6.07, 6.45) is 3.36. The lowest BCUT2D eigenvalue weighted by Crippen LogP contribution is -2.38. The molecule has 0 spiro atoms. The Kier molecular flexibility index (Phi) is 9.70. The smallest absolute Gasteiger partial charge is 0.338 e. The number of likely N-dealkylation sites (tertiary alicyclic amines) is 1. The molecule has 218 valence electrons. The minimum atomic E-state index is -0.309. The van der Waals surface area contributed by atoms with Gasteiger partial charge < -0.3 is 14.4 Å². The van der Waals surface area contributed by atoms with Crippen LogP contribution in [-0.2, 0) is 14.3 Å². The molecular weight excluding hydrogens is 522 g/mol. The molecule has 5 nitrogen and oxygen atoms in total. The van der Waals surface area contributed by atoms with Gasteiger partial charge in [-0.1, -0.05) is 73.2 Å². The normalized spacial score (nSPS) is 13.8. The van der Waals surface area contributed by atoms with Crippen LogP contribution in [0.3, 0.4) is 0 Å². The van der Waals surface area contributed by atoms with Crippen LogP contribution in [0.15, 0.2) is 78.9 Å². The number of rotatable bonds is 10. The highest BCUT2D eigenvalue weighted by Gasteiger charge is 2.24. The molecule has 4 aromatic carbocycles. The van der Waals surface area contributed by atoms with Crippen LogP contribution >= 0.6 is 0 Å². The van der Waals surface area contributed by atoms with E-state index in [9.17, 15) is 9.59 Å². The van der Waals surface area contributed by atoms with E-state index in [0.29, 0.717) is 37.7 Å². The number of nitrogens with zero attached hydrogens (tertiary/aromatic N) is 1. The number of ether oxygens (including phenoxy) is 2. The third-order valence-electron chi connectivity index (χ3n) is 8.20. The molecule has 0 aliphatic carbocycles. The Hall–Kier alpha value is -3.96.